The SMILES string of the molecule is c1ccc(-c2ccccc2-n2c3ccccc3c3c4ccccc4sc32)cc1. The van der Waals surface area contributed by atoms with Gasteiger partial charge in [0, 0.05) is 26.4 Å². The molecule has 0 amide bonds. The van der Waals surface area contributed by atoms with Crippen LogP contribution in [0.5, 0.6) is 0 Å². The minimum absolute atomic E-state index is 1.23. The lowest BCUT2D eigenvalue weighted by molar-refractivity contribution is 1.20. The molecule has 0 aliphatic heterocycles. The number of para-hydroxylation sites is 2. The maximum absolute atomic E-state index is 2.44. The van der Waals surface area contributed by atoms with E-state index in [-0.39, 0.29) is 0 Å². The Kier molecular flexibility index (Phi) is 3.40. The summed E-state index contributed by atoms with van der Waals surface area (Å²) in [6.07, 6.45) is 0. The summed E-state index contributed by atoms with van der Waals surface area (Å²) in [6, 6.07) is 36.9. The molecule has 0 atom stereocenters. The van der Waals surface area contributed by atoms with Crippen LogP contribution in [0.3, 0.4) is 0 Å². The van der Waals surface area contributed by atoms with Crippen molar-refractivity contribution in [3.8, 4) is 16.8 Å². The minimum Gasteiger partial charge on any atom is -0.300 e. The number of nitrogens with zero attached hydrogens (tertiary/aromatic N) is 1. The smallest absolute Gasteiger partial charge is 0.109 e. The highest BCUT2D eigenvalue weighted by molar-refractivity contribution is 7.25. The van der Waals surface area contributed by atoms with Crippen LogP contribution >= 0.6 is 11.3 Å². The zero-order valence-electron chi connectivity index (χ0n) is 15.2. The number of fused-ring (bicyclic) bond motifs is 5. The summed E-state index contributed by atoms with van der Waals surface area (Å²) < 4.78 is 3.78. The fourth-order valence-electron chi connectivity index (χ4n) is 4.21. The van der Waals surface area contributed by atoms with Crippen LogP contribution in [0.25, 0.3) is 48.0 Å². The molecule has 4 aromatic carbocycles. The molecule has 0 saturated heterocycles. The molecule has 0 unspecified atom stereocenters. The molecule has 2 aromatic heterocycles. The predicted octanol–water partition coefficient (Wildman–Crippen LogP) is 7.67. The van der Waals surface area contributed by atoms with Gasteiger partial charge in [0.1, 0.15) is 4.83 Å². The quantitative estimate of drug-likeness (QED) is 0.293. The van der Waals surface area contributed by atoms with Gasteiger partial charge >= 0.3 is 0 Å². The minimum atomic E-state index is 1.23. The first-order chi connectivity index (χ1) is 13.9. The third-order valence-electron chi connectivity index (χ3n) is 5.42. The topological polar surface area (TPSA) is 4.93 Å². The number of aromatic nitrogens is 1. The molecule has 2 heterocycles. The first-order valence-corrected chi connectivity index (χ1v) is 10.3. The average molecular weight is 375 g/mol. The van der Waals surface area contributed by atoms with E-state index in [9.17, 15) is 0 Å². The van der Waals surface area contributed by atoms with Gasteiger partial charge in [0.05, 0.1) is 11.2 Å². The third-order valence-corrected chi connectivity index (χ3v) is 6.58. The van der Waals surface area contributed by atoms with Crippen molar-refractivity contribution in [1.29, 1.82) is 0 Å². The Morgan fingerprint density at radius 1 is 0.571 bits per heavy atom. The van der Waals surface area contributed by atoms with Crippen LogP contribution < -0.4 is 0 Å². The first kappa shape index (κ1) is 15.7. The second kappa shape index (κ2) is 6.08. The van der Waals surface area contributed by atoms with Gasteiger partial charge in [0.25, 0.3) is 0 Å². The van der Waals surface area contributed by atoms with E-state index in [1.807, 2.05) is 11.3 Å². The highest BCUT2D eigenvalue weighted by Gasteiger charge is 2.18. The molecule has 0 spiro atoms. The van der Waals surface area contributed by atoms with Gasteiger partial charge in [-0.15, -0.1) is 11.3 Å². The summed E-state index contributed by atoms with van der Waals surface area (Å²) >= 11 is 1.88. The highest BCUT2D eigenvalue weighted by Crippen LogP contribution is 2.43. The zero-order chi connectivity index (χ0) is 18.5. The maximum Gasteiger partial charge on any atom is 0.109 e. The summed E-state index contributed by atoms with van der Waals surface area (Å²) in [5.41, 5.74) is 4.98. The van der Waals surface area contributed by atoms with Gasteiger partial charge in [-0.05, 0) is 23.8 Å². The molecule has 1 nitrogen and oxygen atoms in total. The number of hydrogen-bond donors (Lipinski definition) is 0. The van der Waals surface area contributed by atoms with Crippen molar-refractivity contribution in [1.82, 2.24) is 4.57 Å². The van der Waals surface area contributed by atoms with E-state index in [1.54, 1.807) is 0 Å². The number of hydrogen-bond acceptors (Lipinski definition) is 1. The first-order valence-electron chi connectivity index (χ1n) is 9.47. The molecular formula is C26H17NS. The summed E-state index contributed by atoms with van der Waals surface area (Å²) in [5, 5.41) is 4.02. The van der Waals surface area contributed by atoms with E-state index in [2.05, 4.69) is 108 Å². The molecule has 0 bridgehead atoms. The molecular weight excluding hydrogens is 358 g/mol. The van der Waals surface area contributed by atoms with Crippen molar-refractivity contribution in [3.05, 3.63) is 103 Å². The molecule has 0 aliphatic rings. The van der Waals surface area contributed by atoms with Crippen LogP contribution in [0.15, 0.2) is 103 Å². The summed E-state index contributed by atoms with van der Waals surface area (Å²) in [6.45, 7) is 0. The second-order valence-corrected chi connectivity index (χ2v) is 8.04. The van der Waals surface area contributed by atoms with Gasteiger partial charge in [-0.25, -0.2) is 0 Å². The highest BCUT2D eigenvalue weighted by atomic mass is 32.1. The number of rotatable bonds is 2. The molecule has 6 aromatic rings. The van der Waals surface area contributed by atoms with Crippen molar-refractivity contribution >= 4 is 42.5 Å². The van der Waals surface area contributed by atoms with E-state index < -0.39 is 0 Å². The third kappa shape index (κ3) is 2.19. The van der Waals surface area contributed by atoms with E-state index >= 15 is 0 Å². The Morgan fingerprint density at radius 3 is 2.14 bits per heavy atom. The standard InChI is InChI=1S/C26H17NS/c1-2-10-18(11-3-1)19-12-4-7-15-22(19)27-23-16-8-5-13-20(23)25-21-14-6-9-17-24(21)28-26(25)27/h1-17H. The number of benzene rings is 4. The van der Waals surface area contributed by atoms with Crippen molar-refractivity contribution in [2.45, 2.75) is 0 Å². The Morgan fingerprint density at radius 2 is 1.25 bits per heavy atom. The molecule has 0 fully saturated rings. The van der Waals surface area contributed by atoms with Gasteiger partial charge in [-0.1, -0.05) is 84.9 Å². The van der Waals surface area contributed by atoms with E-state index in [4.69, 9.17) is 0 Å². The molecule has 132 valence electrons. The Hall–Kier alpha value is -3.36. The second-order valence-electron chi connectivity index (χ2n) is 7.01. The number of thiophene rings is 1. The fraction of sp³-hybridized carbons (Fsp3) is 0. The van der Waals surface area contributed by atoms with Gasteiger partial charge in [-0.2, -0.15) is 0 Å². The zero-order valence-corrected chi connectivity index (χ0v) is 16.0. The Balaban J connectivity index is 1.79. The predicted molar refractivity (Wildman–Crippen MR) is 122 cm³/mol. The normalized spacial score (nSPS) is 11.6. The van der Waals surface area contributed by atoms with Crippen LogP contribution in [-0.4, -0.2) is 4.57 Å². The molecule has 28 heavy (non-hydrogen) atoms. The van der Waals surface area contributed by atoms with Crippen LogP contribution in [0, 0.1) is 0 Å². The van der Waals surface area contributed by atoms with Gasteiger partial charge in [0.15, 0.2) is 0 Å². The molecule has 6 rings (SSSR count). The largest absolute Gasteiger partial charge is 0.300 e. The van der Waals surface area contributed by atoms with Crippen LogP contribution in [0.4, 0.5) is 0 Å². The van der Waals surface area contributed by atoms with Crippen molar-refractivity contribution in [3.63, 3.8) is 0 Å². The van der Waals surface area contributed by atoms with E-state index in [0.717, 1.165) is 0 Å². The lowest BCUT2D eigenvalue weighted by atomic mass is 10.0. The summed E-state index contributed by atoms with van der Waals surface area (Å²) in [7, 11) is 0. The molecule has 0 saturated carbocycles. The van der Waals surface area contributed by atoms with E-state index in [0.29, 0.717) is 0 Å². The Labute approximate surface area is 167 Å². The molecule has 2 heteroatoms. The van der Waals surface area contributed by atoms with Gasteiger partial charge in [0.2, 0.25) is 0 Å². The van der Waals surface area contributed by atoms with Crippen LogP contribution in [0.2, 0.25) is 0 Å². The van der Waals surface area contributed by atoms with Crippen LogP contribution in [0.1, 0.15) is 0 Å². The summed E-state index contributed by atoms with van der Waals surface area (Å²) in [5.74, 6) is 0. The van der Waals surface area contributed by atoms with Crippen molar-refractivity contribution in [2.75, 3.05) is 0 Å². The van der Waals surface area contributed by atoms with Gasteiger partial charge in [-0.3, -0.25) is 0 Å². The Bertz CT molecular complexity index is 1450. The lowest BCUT2D eigenvalue weighted by Crippen LogP contribution is -1.95. The average Bonchev–Trinajstić information content (AvgIpc) is 3.29. The molecule has 0 aliphatic carbocycles. The molecule has 0 radical (unpaired) electrons. The van der Waals surface area contributed by atoms with E-state index in [1.165, 1.54) is 48.0 Å². The summed E-state index contributed by atoms with van der Waals surface area (Å²) in [4.78, 5) is 1.31. The van der Waals surface area contributed by atoms with Crippen LogP contribution in [-0.2, 0) is 0 Å². The lowest BCUT2D eigenvalue weighted by Gasteiger charge is -2.13. The fourth-order valence-corrected chi connectivity index (χ4v) is 5.45. The van der Waals surface area contributed by atoms with Gasteiger partial charge < -0.3 is 4.57 Å². The molecule has 0 N–H and O–H groups in total. The maximum atomic E-state index is 2.44. The van der Waals surface area contributed by atoms with Crippen molar-refractivity contribution in [2.24, 2.45) is 0 Å². The monoisotopic (exact) mass is 375 g/mol. The van der Waals surface area contributed by atoms with Crippen molar-refractivity contribution < 1.29 is 0 Å².